The maximum absolute atomic E-state index is 13.3. The van der Waals surface area contributed by atoms with Gasteiger partial charge < -0.3 is 14.7 Å². The van der Waals surface area contributed by atoms with Crippen molar-refractivity contribution in [1.82, 2.24) is 9.55 Å². The molecule has 0 saturated carbocycles. The Morgan fingerprint density at radius 1 is 1.48 bits per heavy atom. The van der Waals surface area contributed by atoms with Crippen molar-refractivity contribution in [3.8, 4) is 0 Å². The van der Waals surface area contributed by atoms with Crippen molar-refractivity contribution in [2.45, 2.75) is 24.5 Å². The number of hydrogen-bond donors (Lipinski definition) is 3. The van der Waals surface area contributed by atoms with Crippen LogP contribution in [0.3, 0.4) is 0 Å². The van der Waals surface area contributed by atoms with Gasteiger partial charge in [-0.1, -0.05) is 0 Å². The second kappa shape index (κ2) is 4.83. The molecule has 1 aromatic rings. The fraction of sp³-hybridized carbons (Fsp3) is 0.556. The van der Waals surface area contributed by atoms with Crippen molar-refractivity contribution in [2.75, 3.05) is 6.61 Å². The van der Waals surface area contributed by atoms with Crippen LogP contribution < -0.4 is 11.2 Å². The molecule has 5 unspecified atom stereocenters. The van der Waals surface area contributed by atoms with Crippen molar-refractivity contribution >= 4 is 7.82 Å². The highest BCUT2D eigenvalue weighted by Crippen LogP contribution is 2.52. The molecule has 0 radical (unpaired) electrons. The van der Waals surface area contributed by atoms with E-state index in [4.69, 9.17) is 4.74 Å². The first-order chi connectivity index (χ1) is 9.78. The van der Waals surface area contributed by atoms with Gasteiger partial charge in [-0.05, 0) is 0 Å². The lowest BCUT2D eigenvalue weighted by Crippen LogP contribution is -2.40. The zero-order valence-corrected chi connectivity index (χ0v) is 11.1. The van der Waals surface area contributed by atoms with Crippen LogP contribution in [-0.2, 0) is 18.3 Å². The number of fused-ring (bicyclic) bond motifs is 1. The summed E-state index contributed by atoms with van der Waals surface area (Å²) < 4.78 is 39.7. The summed E-state index contributed by atoms with van der Waals surface area (Å²) in [5.74, 6) is -1.25. The lowest BCUT2D eigenvalue weighted by Gasteiger charge is -2.27. The van der Waals surface area contributed by atoms with Crippen molar-refractivity contribution < 1.29 is 32.7 Å². The summed E-state index contributed by atoms with van der Waals surface area (Å²) in [6.07, 6.45) is -4.48. The third-order valence-electron chi connectivity index (χ3n) is 3.16. The summed E-state index contributed by atoms with van der Waals surface area (Å²) in [6, 6.07) is 0. The molecule has 0 bridgehead atoms. The highest BCUT2D eigenvalue weighted by atomic mass is 31.2. The Morgan fingerprint density at radius 3 is 2.90 bits per heavy atom. The van der Waals surface area contributed by atoms with E-state index < -0.39 is 49.4 Å². The standard InChI is InChI=1S/C9H10FN2O8P/c10-3-1-12(9(15)11-7(3)14)8-5(13)6-4(19-8)2-18-21(16,17)20-6/h1,4-6,8,13H,2H2,(H,16,17)(H,11,14,15). The van der Waals surface area contributed by atoms with E-state index in [1.807, 2.05) is 0 Å². The number of H-pyrrole nitrogens is 1. The molecule has 0 aliphatic carbocycles. The van der Waals surface area contributed by atoms with Crippen LogP contribution in [-0.4, -0.2) is 44.5 Å². The predicted octanol–water partition coefficient (Wildman–Crippen LogP) is -1.55. The van der Waals surface area contributed by atoms with Gasteiger partial charge in [0.1, 0.15) is 18.3 Å². The number of aromatic nitrogens is 2. The molecule has 2 fully saturated rings. The lowest BCUT2D eigenvalue weighted by molar-refractivity contribution is -0.0687. The predicted molar refractivity (Wildman–Crippen MR) is 61.8 cm³/mol. The van der Waals surface area contributed by atoms with Gasteiger partial charge in [0.2, 0.25) is 5.82 Å². The monoisotopic (exact) mass is 324 g/mol. The first-order valence-corrected chi connectivity index (χ1v) is 7.28. The molecule has 116 valence electrons. The summed E-state index contributed by atoms with van der Waals surface area (Å²) in [4.78, 5) is 33.5. The van der Waals surface area contributed by atoms with Crippen LogP contribution in [0.1, 0.15) is 6.23 Å². The Bertz CT molecular complexity index is 731. The van der Waals surface area contributed by atoms with Gasteiger partial charge in [0.05, 0.1) is 12.8 Å². The first kappa shape index (κ1) is 14.6. The van der Waals surface area contributed by atoms with Gasteiger partial charge >= 0.3 is 13.5 Å². The molecule has 2 aliphatic heterocycles. The molecule has 2 aliphatic rings. The molecule has 0 amide bonds. The number of nitrogens with one attached hydrogen (secondary N) is 1. The smallest absolute Gasteiger partial charge is 0.386 e. The van der Waals surface area contributed by atoms with Gasteiger partial charge in [0, 0.05) is 0 Å². The van der Waals surface area contributed by atoms with Crippen molar-refractivity contribution in [1.29, 1.82) is 0 Å². The van der Waals surface area contributed by atoms with E-state index >= 15 is 0 Å². The van der Waals surface area contributed by atoms with Crippen LogP contribution in [0.15, 0.2) is 15.8 Å². The Labute approximate surface area is 115 Å². The minimum atomic E-state index is -4.30. The normalized spacial score (nSPS) is 39.2. The molecule has 12 heteroatoms. The van der Waals surface area contributed by atoms with Gasteiger partial charge in [-0.2, -0.15) is 4.39 Å². The molecule has 3 rings (SSSR count). The number of phosphoric acid groups is 1. The molecular weight excluding hydrogens is 314 g/mol. The quantitative estimate of drug-likeness (QED) is 0.527. The Kier molecular flexibility index (Phi) is 3.35. The van der Waals surface area contributed by atoms with E-state index in [2.05, 4.69) is 9.05 Å². The molecule has 10 nitrogen and oxygen atoms in total. The highest BCUT2D eigenvalue weighted by Gasteiger charge is 2.52. The number of phosphoric ester groups is 1. The minimum Gasteiger partial charge on any atom is -0.386 e. The Morgan fingerprint density at radius 2 is 2.19 bits per heavy atom. The summed E-state index contributed by atoms with van der Waals surface area (Å²) in [6.45, 7) is -0.341. The summed E-state index contributed by atoms with van der Waals surface area (Å²) >= 11 is 0. The summed E-state index contributed by atoms with van der Waals surface area (Å²) in [7, 11) is -4.30. The molecule has 5 atom stereocenters. The Hall–Kier alpha value is -1.36. The van der Waals surface area contributed by atoms with Gasteiger partial charge in [-0.3, -0.25) is 23.4 Å². The number of aliphatic hydroxyl groups excluding tert-OH is 1. The largest absolute Gasteiger partial charge is 0.472 e. The molecule has 3 heterocycles. The van der Waals surface area contributed by atoms with Gasteiger partial charge in [0.25, 0.3) is 5.56 Å². The average molecular weight is 324 g/mol. The zero-order chi connectivity index (χ0) is 15.4. The molecule has 1 aromatic heterocycles. The van der Waals surface area contributed by atoms with Crippen molar-refractivity contribution in [2.24, 2.45) is 0 Å². The second-order valence-electron chi connectivity index (χ2n) is 4.53. The number of ether oxygens (including phenoxy) is 1. The molecule has 21 heavy (non-hydrogen) atoms. The van der Waals surface area contributed by atoms with E-state index in [0.717, 1.165) is 0 Å². The third-order valence-corrected chi connectivity index (χ3v) is 4.15. The average Bonchev–Trinajstić information content (AvgIpc) is 2.70. The van der Waals surface area contributed by atoms with Crippen LogP contribution in [0, 0.1) is 5.82 Å². The molecule has 0 spiro atoms. The lowest BCUT2D eigenvalue weighted by atomic mass is 10.1. The number of hydrogen-bond acceptors (Lipinski definition) is 7. The van der Waals surface area contributed by atoms with Gasteiger partial charge in [-0.15, -0.1) is 0 Å². The van der Waals surface area contributed by atoms with E-state index in [0.29, 0.717) is 10.8 Å². The van der Waals surface area contributed by atoms with E-state index in [1.165, 1.54) is 0 Å². The SMILES string of the molecule is O=c1[nH]c(=O)n(C2OC3COP(=O)(O)OC3C2O)cc1F. The number of aromatic amines is 1. The number of aliphatic hydroxyl groups is 1. The summed E-state index contributed by atoms with van der Waals surface area (Å²) in [5, 5.41) is 10.0. The highest BCUT2D eigenvalue weighted by molar-refractivity contribution is 7.47. The van der Waals surface area contributed by atoms with Crippen LogP contribution in [0.2, 0.25) is 0 Å². The fourth-order valence-electron chi connectivity index (χ4n) is 2.22. The number of halogens is 1. The van der Waals surface area contributed by atoms with Gasteiger partial charge in [0.15, 0.2) is 6.23 Å². The molecule has 0 aromatic carbocycles. The molecule has 2 saturated heterocycles. The maximum atomic E-state index is 13.3. The molecular formula is C9H10FN2O8P. The van der Waals surface area contributed by atoms with Crippen LogP contribution in [0.4, 0.5) is 4.39 Å². The molecule has 3 N–H and O–H groups in total. The summed E-state index contributed by atoms with van der Waals surface area (Å²) in [5.41, 5.74) is -2.21. The van der Waals surface area contributed by atoms with E-state index in [-0.39, 0.29) is 6.61 Å². The van der Waals surface area contributed by atoms with Crippen molar-refractivity contribution in [3.63, 3.8) is 0 Å². The van der Waals surface area contributed by atoms with Crippen molar-refractivity contribution in [3.05, 3.63) is 32.9 Å². The van der Waals surface area contributed by atoms with Gasteiger partial charge in [-0.25, -0.2) is 9.36 Å². The number of nitrogens with zero attached hydrogens (tertiary/aromatic N) is 1. The van der Waals surface area contributed by atoms with Crippen LogP contribution >= 0.6 is 7.82 Å². The fourth-order valence-corrected chi connectivity index (χ4v) is 3.18. The van der Waals surface area contributed by atoms with Crippen LogP contribution in [0.5, 0.6) is 0 Å². The topological polar surface area (TPSA) is 140 Å². The first-order valence-electron chi connectivity index (χ1n) is 5.79. The minimum absolute atomic E-state index is 0.341. The maximum Gasteiger partial charge on any atom is 0.472 e. The number of rotatable bonds is 1. The second-order valence-corrected chi connectivity index (χ2v) is 5.94. The Balaban J connectivity index is 1.95. The van der Waals surface area contributed by atoms with Crippen LogP contribution in [0.25, 0.3) is 0 Å². The third kappa shape index (κ3) is 2.48. The van der Waals surface area contributed by atoms with E-state index in [1.54, 1.807) is 4.98 Å². The zero-order valence-electron chi connectivity index (χ0n) is 10.2. The van der Waals surface area contributed by atoms with E-state index in [9.17, 15) is 28.5 Å².